The fraction of sp³-hybridized carbons (Fsp3) is 0.588. The van der Waals surface area contributed by atoms with E-state index in [0.29, 0.717) is 12.1 Å². The van der Waals surface area contributed by atoms with Crippen LogP contribution in [0.25, 0.3) is 0 Å². The second kappa shape index (κ2) is 8.13. The Morgan fingerprint density at radius 1 is 1.52 bits per heavy atom. The zero-order chi connectivity index (χ0) is 17.0. The third-order valence-electron chi connectivity index (χ3n) is 4.53. The van der Waals surface area contributed by atoms with Crippen molar-refractivity contribution in [2.75, 3.05) is 20.2 Å². The van der Waals surface area contributed by atoms with Crippen LogP contribution >= 0.6 is 15.9 Å². The second-order valence-corrected chi connectivity index (χ2v) is 6.91. The largest absolute Gasteiger partial charge is 0.497 e. The fourth-order valence-corrected chi connectivity index (χ4v) is 3.83. The number of aliphatic carboxylic acids is 1. The van der Waals surface area contributed by atoms with Crippen LogP contribution in [0.1, 0.15) is 38.3 Å². The highest BCUT2D eigenvalue weighted by Gasteiger charge is 2.34. The maximum Gasteiger partial charge on any atom is 0.317 e. The highest BCUT2D eigenvalue weighted by atomic mass is 79.9. The van der Waals surface area contributed by atoms with Gasteiger partial charge >= 0.3 is 5.97 Å². The van der Waals surface area contributed by atoms with E-state index in [4.69, 9.17) is 9.84 Å². The van der Waals surface area contributed by atoms with Gasteiger partial charge in [-0.2, -0.15) is 0 Å². The first-order chi connectivity index (χ1) is 10.9. The summed E-state index contributed by atoms with van der Waals surface area (Å²) in [5.74, 6) is 0.0857. The van der Waals surface area contributed by atoms with E-state index < -0.39 is 5.97 Å². The minimum atomic E-state index is -0.751. The number of halogens is 1. The lowest BCUT2D eigenvalue weighted by Crippen LogP contribution is -2.54. The average Bonchev–Trinajstić information content (AvgIpc) is 2.47. The number of hydrogen-bond acceptors (Lipinski definition) is 4. The molecule has 23 heavy (non-hydrogen) atoms. The highest BCUT2D eigenvalue weighted by Crippen LogP contribution is 2.31. The van der Waals surface area contributed by atoms with Crippen LogP contribution in [0.5, 0.6) is 5.75 Å². The molecule has 1 aliphatic carbocycles. The number of methoxy groups -OCH3 is 1. The Balaban J connectivity index is 1.86. The molecule has 0 heterocycles. The molecule has 0 saturated heterocycles. The maximum atomic E-state index is 10.9. The fourth-order valence-electron chi connectivity index (χ4n) is 3.12. The van der Waals surface area contributed by atoms with Gasteiger partial charge in [-0.15, -0.1) is 0 Å². The van der Waals surface area contributed by atoms with Crippen LogP contribution in [-0.4, -0.2) is 48.3 Å². The molecule has 0 radical (unpaired) electrons. The van der Waals surface area contributed by atoms with E-state index in [-0.39, 0.29) is 12.6 Å². The van der Waals surface area contributed by atoms with Gasteiger partial charge in [-0.05, 0) is 44.0 Å². The predicted octanol–water partition coefficient (Wildman–Crippen LogP) is 3.05. The first-order valence-electron chi connectivity index (χ1n) is 7.99. The molecule has 1 aromatic rings. The lowest BCUT2D eigenvalue weighted by atomic mass is 9.84. The van der Waals surface area contributed by atoms with Gasteiger partial charge in [0.1, 0.15) is 5.75 Å². The summed E-state index contributed by atoms with van der Waals surface area (Å²) in [5, 5.41) is 12.6. The molecule has 1 unspecified atom stereocenters. The van der Waals surface area contributed by atoms with Crippen molar-refractivity contribution in [3.63, 3.8) is 0 Å². The number of nitrogens with zero attached hydrogens (tertiary/aromatic N) is 1. The van der Waals surface area contributed by atoms with Crippen molar-refractivity contribution in [2.24, 2.45) is 0 Å². The third kappa shape index (κ3) is 4.68. The van der Waals surface area contributed by atoms with Gasteiger partial charge in [-0.25, -0.2) is 0 Å². The molecule has 2 rings (SSSR count). The summed E-state index contributed by atoms with van der Waals surface area (Å²) >= 11 is 3.60. The van der Waals surface area contributed by atoms with E-state index in [0.717, 1.165) is 29.6 Å². The quantitative estimate of drug-likeness (QED) is 0.720. The summed E-state index contributed by atoms with van der Waals surface area (Å²) in [6.45, 7) is 5.08. The second-order valence-electron chi connectivity index (χ2n) is 6.05. The van der Waals surface area contributed by atoms with Gasteiger partial charge in [-0.1, -0.05) is 28.9 Å². The van der Waals surface area contributed by atoms with Crippen LogP contribution in [-0.2, 0) is 4.79 Å². The molecular formula is C17H25BrN2O3. The zero-order valence-electron chi connectivity index (χ0n) is 13.9. The number of carbonyl (C=O) groups is 1. The highest BCUT2D eigenvalue weighted by molar-refractivity contribution is 9.10. The third-order valence-corrected chi connectivity index (χ3v) is 5.22. The molecule has 0 spiro atoms. The van der Waals surface area contributed by atoms with Crippen molar-refractivity contribution in [1.29, 1.82) is 0 Å². The molecule has 0 bridgehead atoms. The molecular weight excluding hydrogens is 360 g/mol. The summed E-state index contributed by atoms with van der Waals surface area (Å²) in [5.41, 5.74) is 1.20. The molecule has 2 N–H and O–H groups in total. The molecule has 1 saturated carbocycles. The van der Waals surface area contributed by atoms with E-state index in [1.54, 1.807) is 7.11 Å². The Hall–Kier alpha value is -1.11. The molecule has 5 nitrogen and oxygen atoms in total. The lowest BCUT2D eigenvalue weighted by molar-refractivity contribution is -0.139. The van der Waals surface area contributed by atoms with Crippen molar-refractivity contribution >= 4 is 21.9 Å². The Labute approximate surface area is 146 Å². The summed E-state index contributed by atoms with van der Waals surface area (Å²) < 4.78 is 6.26. The zero-order valence-corrected chi connectivity index (χ0v) is 15.5. The van der Waals surface area contributed by atoms with Crippen LogP contribution in [0, 0.1) is 0 Å². The first kappa shape index (κ1) is 18.2. The van der Waals surface area contributed by atoms with Crippen molar-refractivity contribution in [2.45, 2.75) is 44.8 Å². The van der Waals surface area contributed by atoms with Gasteiger partial charge in [0.15, 0.2) is 0 Å². The van der Waals surface area contributed by atoms with E-state index in [9.17, 15) is 4.79 Å². The number of carboxylic acids is 1. The summed E-state index contributed by atoms with van der Waals surface area (Å²) in [4.78, 5) is 12.9. The van der Waals surface area contributed by atoms with E-state index in [1.165, 1.54) is 5.56 Å². The van der Waals surface area contributed by atoms with Gasteiger partial charge in [0, 0.05) is 22.6 Å². The standard InChI is InChI=1S/C17H25BrN2O3/c1-4-20(10-17(21)22)13-7-12(8-13)19-11(2)15-6-5-14(23-3)9-16(15)18/h5-6,9,11-13,19H,4,7-8,10H2,1-3H3,(H,21,22). The number of benzene rings is 1. The Bertz CT molecular complexity index is 547. The molecule has 128 valence electrons. The number of rotatable bonds is 8. The van der Waals surface area contributed by atoms with Gasteiger partial charge in [0.2, 0.25) is 0 Å². The Morgan fingerprint density at radius 2 is 2.22 bits per heavy atom. The van der Waals surface area contributed by atoms with Gasteiger partial charge in [-0.3, -0.25) is 9.69 Å². The van der Waals surface area contributed by atoms with Crippen LogP contribution < -0.4 is 10.1 Å². The van der Waals surface area contributed by atoms with Crippen molar-refractivity contribution in [3.05, 3.63) is 28.2 Å². The number of likely N-dealkylation sites (N-methyl/N-ethyl adjacent to an activating group) is 1. The molecule has 1 atom stereocenters. The van der Waals surface area contributed by atoms with Gasteiger partial charge < -0.3 is 15.2 Å². The van der Waals surface area contributed by atoms with Gasteiger partial charge in [0.05, 0.1) is 13.7 Å². The summed E-state index contributed by atoms with van der Waals surface area (Å²) in [7, 11) is 1.66. The predicted molar refractivity (Wildman–Crippen MR) is 93.9 cm³/mol. The van der Waals surface area contributed by atoms with Crippen LogP contribution in [0.15, 0.2) is 22.7 Å². The smallest absolute Gasteiger partial charge is 0.317 e. The molecule has 1 aromatic carbocycles. The van der Waals surface area contributed by atoms with E-state index in [2.05, 4.69) is 34.2 Å². The van der Waals surface area contributed by atoms with Crippen molar-refractivity contribution in [3.8, 4) is 5.75 Å². The van der Waals surface area contributed by atoms with E-state index in [1.807, 2.05) is 24.0 Å². The number of carboxylic acid groups (broad SMARTS) is 1. The molecule has 1 aliphatic rings. The van der Waals surface area contributed by atoms with E-state index >= 15 is 0 Å². The SMILES string of the molecule is CCN(CC(=O)O)C1CC(NC(C)c2ccc(OC)cc2Br)C1. The monoisotopic (exact) mass is 384 g/mol. The lowest BCUT2D eigenvalue weighted by Gasteiger charge is -2.43. The number of hydrogen-bond donors (Lipinski definition) is 2. The molecule has 1 fully saturated rings. The molecule has 6 heteroatoms. The molecule has 0 aliphatic heterocycles. The number of ether oxygens (including phenoxy) is 1. The molecule has 0 aromatic heterocycles. The average molecular weight is 385 g/mol. The number of nitrogens with one attached hydrogen (secondary N) is 1. The Kier molecular flexibility index (Phi) is 6.44. The molecule has 0 amide bonds. The summed E-state index contributed by atoms with van der Waals surface area (Å²) in [6.07, 6.45) is 2.00. The van der Waals surface area contributed by atoms with Crippen LogP contribution in [0.3, 0.4) is 0 Å². The van der Waals surface area contributed by atoms with Crippen molar-refractivity contribution in [1.82, 2.24) is 10.2 Å². The van der Waals surface area contributed by atoms with Crippen LogP contribution in [0.4, 0.5) is 0 Å². The van der Waals surface area contributed by atoms with Crippen LogP contribution in [0.2, 0.25) is 0 Å². The topological polar surface area (TPSA) is 61.8 Å². The Morgan fingerprint density at radius 3 is 2.74 bits per heavy atom. The minimum absolute atomic E-state index is 0.132. The normalized spacial score (nSPS) is 21.8. The van der Waals surface area contributed by atoms with Crippen molar-refractivity contribution < 1.29 is 14.6 Å². The minimum Gasteiger partial charge on any atom is -0.497 e. The summed E-state index contributed by atoms with van der Waals surface area (Å²) in [6, 6.07) is 7.05. The first-order valence-corrected chi connectivity index (χ1v) is 8.79. The maximum absolute atomic E-state index is 10.9. The van der Waals surface area contributed by atoms with Gasteiger partial charge in [0.25, 0.3) is 0 Å².